The Morgan fingerprint density at radius 3 is 2.13 bits per heavy atom. The summed E-state index contributed by atoms with van der Waals surface area (Å²) in [5.41, 5.74) is 6.04. The minimum Gasteiger partial charge on any atom is -0.481 e. The van der Waals surface area contributed by atoms with E-state index in [4.69, 9.17) is 10.8 Å². The number of carbonyl (C=O) groups is 1. The normalized spacial score (nSPS) is 36.1. The largest absolute Gasteiger partial charge is 0.481 e. The quantitative estimate of drug-likeness (QED) is 0.755. The molecule has 1 fully saturated rings. The third-order valence-corrected chi connectivity index (χ3v) is 4.30. The Labute approximate surface area is 92.0 Å². The van der Waals surface area contributed by atoms with Gasteiger partial charge < -0.3 is 10.8 Å². The molecule has 0 aromatic rings. The fourth-order valence-electron chi connectivity index (χ4n) is 2.80. The van der Waals surface area contributed by atoms with Gasteiger partial charge in [-0.2, -0.15) is 0 Å². The van der Waals surface area contributed by atoms with Crippen molar-refractivity contribution in [3.63, 3.8) is 0 Å². The standard InChI is InChI=1S/C12H23NO2/c1-10(2,3)11(4)6-12(7-11,8-13)5-9(14)15/h5-8,13H2,1-4H3,(H,14,15)/t11-,12+. The number of rotatable bonds is 3. The van der Waals surface area contributed by atoms with Gasteiger partial charge in [0.2, 0.25) is 0 Å². The molecule has 3 N–H and O–H groups in total. The average molecular weight is 213 g/mol. The third-order valence-electron chi connectivity index (χ3n) is 4.30. The minimum absolute atomic E-state index is 0.145. The Morgan fingerprint density at radius 1 is 1.40 bits per heavy atom. The smallest absolute Gasteiger partial charge is 0.303 e. The van der Waals surface area contributed by atoms with Crippen molar-refractivity contribution in [2.75, 3.05) is 6.54 Å². The van der Waals surface area contributed by atoms with E-state index in [1.54, 1.807) is 0 Å². The summed E-state index contributed by atoms with van der Waals surface area (Å²) in [6, 6.07) is 0. The molecule has 1 saturated carbocycles. The first-order chi connectivity index (χ1) is 6.64. The van der Waals surface area contributed by atoms with E-state index in [1.807, 2.05) is 0 Å². The molecule has 0 spiro atoms. The van der Waals surface area contributed by atoms with Crippen LogP contribution in [0.15, 0.2) is 0 Å². The van der Waals surface area contributed by atoms with Gasteiger partial charge >= 0.3 is 5.97 Å². The number of aliphatic carboxylic acids is 1. The average Bonchev–Trinajstić information content (AvgIpc) is 1.97. The van der Waals surface area contributed by atoms with Crippen LogP contribution in [-0.4, -0.2) is 17.6 Å². The second kappa shape index (κ2) is 3.48. The molecule has 0 radical (unpaired) electrons. The zero-order valence-electron chi connectivity index (χ0n) is 10.3. The van der Waals surface area contributed by atoms with Gasteiger partial charge in [-0.3, -0.25) is 4.79 Å². The van der Waals surface area contributed by atoms with Gasteiger partial charge in [-0.25, -0.2) is 0 Å². The Morgan fingerprint density at radius 2 is 1.87 bits per heavy atom. The molecule has 0 bridgehead atoms. The second-order valence-corrected chi connectivity index (χ2v) is 6.44. The van der Waals surface area contributed by atoms with E-state index in [1.165, 1.54) is 0 Å². The third kappa shape index (κ3) is 2.17. The van der Waals surface area contributed by atoms with Crippen LogP contribution in [0.25, 0.3) is 0 Å². The zero-order valence-corrected chi connectivity index (χ0v) is 10.3. The zero-order chi connectivity index (χ0) is 11.9. The SMILES string of the molecule is CC(C)(C)[C@]1(C)C[C@@](CN)(CC(=O)O)C1. The highest BCUT2D eigenvalue weighted by Gasteiger charge is 2.56. The van der Waals surface area contributed by atoms with Crippen LogP contribution < -0.4 is 5.73 Å². The molecule has 15 heavy (non-hydrogen) atoms. The van der Waals surface area contributed by atoms with Crippen LogP contribution in [0.4, 0.5) is 0 Å². The molecular formula is C12H23NO2. The summed E-state index contributed by atoms with van der Waals surface area (Å²) in [4.78, 5) is 10.8. The van der Waals surface area contributed by atoms with Gasteiger partial charge in [-0.1, -0.05) is 27.7 Å². The van der Waals surface area contributed by atoms with Crippen LogP contribution in [0.5, 0.6) is 0 Å². The van der Waals surface area contributed by atoms with E-state index in [0.717, 1.165) is 12.8 Å². The van der Waals surface area contributed by atoms with Crippen LogP contribution in [0.1, 0.15) is 47.0 Å². The first-order valence-electron chi connectivity index (χ1n) is 5.56. The molecule has 0 amide bonds. The van der Waals surface area contributed by atoms with Crippen LogP contribution in [0.3, 0.4) is 0 Å². The van der Waals surface area contributed by atoms with Crippen molar-refractivity contribution in [1.29, 1.82) is 0 Å². The van der Waals surface area contributed by atoms with Crippen molar-refractivity contribution in [1.82, 2.24) is 0 Å². The molecule has 3 heteroatoms. The highest BCUT2D eigenvalue weighted by Crippen LogP contribution is 2.63. The Bertz CT molecular complexity index is 259. The van der Waals surface area contributed by atoms with Gasteiger partial charge in [0, 0.05) is 0 Å². The molecule has 0 unspecified atom stereocenters. The first-order valence-corrected chi connectivity index (χ1v) is 5.56. The fourth-order valence-corrected chi connectivity index (χ4v) is 2.80. The molecule has 1 rings (SSSR count). The highest BCUT2D eigenvalue weighted by molar-refractivity contribution is 5.68. The first kappa shape index (κ1) is 12.5. The predicted octanol–water partition coefficient (Wildman–Crippen LogP) is 2.25. The minimum atomic E-state index is -0.726. The monoisotopic (exact) mass is 213 g/mol. The highest BCUT2D eigenvalue weighted by atomic mass is 16.4. The van der Waals surface area contributed by atoms with Crippen molar-refractivity contribution < 1.29 is 9.90 Å². The molecule has 0 heterocycles. The molecular weight excluding hydrogens is 190 g/mol. The Kier molecular flexibility index (Phi) is 2.90. The summed E-state index contributed by atoms with van der Waals surface area (Å²) < 4.78 is 0. The molecule has 0 aromatic carbocycles. The van der Waals surface area contributed by atoms with Gasteiger partial charge in [0.25, 0.3) is 0 Å². The number of hydrogen-bond donors (Lipinski definition) is 2. The fraction of sp³-hybridized carbons (Fsp3) is 0.917. The van der Waals surface area contributed by atoms with E-state index >= 15 is 0 Å². The summed E-state index contributed by atoms with van der Waals surface area (Å²) in [6.07, 6.45) is 2.09. The lowest BCUT2D eigenvalue weighted by atomic mass is 9.45. The second-order valence-electron chi connectivity index (χ2n) is 6.44. The van der Waals surface area contributed by atoms with Gasteiger partial charge in [0.05, 0.1) is 6.42 Å². The molecule has 0 saturated heterocycles. The number of hydrogen-bond acceptors (Lipinski definition) is 2. The van der Waals surface area contributed by atoms with E-state index in [2.05, 4.69) is 27.7 Å². The lowest BCUT2D eigenvalue weighted by molar-refractivity contribution is -0.150. The van der Waals surface area contributed by atoms with Crippen LogP contribution in [-0.2, 0) is 4.79 Å². The maximum Gasteiger partial charge on any atom is 0.303 e. The molecule has 1 aliphatic rings. The van der Waals surface area contributed by atoms with Crippen LogP contribution >= 0.6 is 0 Å². The van der Waals surface area contributed by atoms with Crippen molar-refractivity contribution in [3.05, 3.63) is 0 Å². The van der Waals surface area contributed by atoms with Gasteiger partial charge in [0.1, 0.15) is 0 Å². The van der Waals surface area contributed by atoms with Crippen molar-refractivity contribution in [3.8, 4) is 0 Å². The summed E-state index contributed by atoms with van der Waals surface area (Å²) in [5, 5.41) is 8.86. The molecule has 3 nitrogen and oxygen atoms in total. The van der Waals surface area contributed by atoms with E-state index in [-0.39, 0.29) is 22.7 Å². The molecule has 0 atom stereocenters. The van der Waals surface area contributed by atoms with Crippen molar-refractivity contribution in [2.45, 2.75) is 47.0 Å². The maximum absolute atomic E-state index is 10.8. The number of carboxylic acids is 1. The number of nitrogens with two attached hydrogens (primary N) is 1. The van der Waals surface area contributed by atoms with Gasteiger partial charge in [-0.15, -0.1) is 0 Å². The summed E-state index contributed by atoms with van der Waals surface area (Å²) in [6.45, 7) is 9.38. The van der Waals surface area contributed by atoms with E-state index in [9.17, 15) is 4.79 Å². The molecule has 0 aromatic heterocycles. The topological polar surface area (TPSA) is 63.3 Å². The molecule has 88 valence electrons. The van der Waals surface area contributed by atoms with Crippen LogP contribution in [0.2, 0.25) is 0 Å². The summed E-state index contributed by atoms with van der Waals surface area (Å²) in [7, 11) is 0. The summed E-state index contributed by atoms with van der Waals surface area (Å²) in [5.74, 6) is -0.726. The Balaban J connectivity index is 2.70. The van der Waals surface area contributed by atoms with E-state index < -0.39 is 5.97 Å². The van der Waals surface area contributed by atoms with Gasteiger partial charge in [-0.05, 0) is 35.6 Å². The van der Waals surface area contributed by atoms with Crippen molar-refractivity contribution in [2.24, 2.45) is 22.0 Å². The Hall–Kier alpha value is -0.570. The lowest BCUT2D eigenvalue weighted by Crippen LogP contribution is -2.55. The van der Waals surface area contributed by atoms with Crippen LogP contribution in [0, 0.1) is 16.2 Å². The summed E-state index contributed by atoms with van der Waals surface area (Å²) >= 11 is 0. The molecule has 0 aliphatic heterocycles. The predicted molar refractivity (Wildman–Crippen MR) is 60.5 cm³/mol. The van der Waals surface area contributed by atoms with Gasteiger partial charge in [0.15, 0.2) is 0 Å². The maximum atomic E-state index is 10.8. The molecule has 1 aliphatic carbocycles. The van der Waals surface area contributed by atoms with E-state index in [0.29, 0.717) is 6.54 Å². The number of carboxylic acid groups (broad SMARTS) is 1. The lowest BCUT2D eigenvalue weighted by Gasteiger charge is -2.60. The van der Waals surface area contributed by atoms with Crippen molar-refractivity contribution >= 4 is 5.97 Å².